The lowest BCUT2D eigenvalue weighted by atomic mass is 10.1. The third-order valence-corrected chi connectivity index (χ3v) is 5.06. The Morgan fingerprint density at radius 3 is 2.81 bits per heavy atom. The lowest BCUT2D eigenvalue weighted by molar-refractivity contribution is 0.246. The summed E-state index contributed by atoms with van der Waals surface area (Å²) in [6.45, 7) is 3.36. The van der Waals surface area contributed by atoms with Crippen LogP contribution in [0.25, 0.3) is 0 Å². The van der Waals surface area contributed by atoms with Crippen molar-refractivity contribution in [1.82, 2.24) is 19.2 Å². The molecule has 1 fully saturated rings. The zero-order chi connectivity index (χ0) is 15.0. The van der Waals surface area contributed by atoms with Crippen LogP contribution in [0.4, 0.5) is 0 Å². The first-order valence-corrected chi connectivity index (χ1v) is 9.54. The van der Waals surface area contributed by atoms with Crippen LogP contribution in [-0.2, 0) is 30.0 Å². The fourth-order valence-electron chi connectivity index (χ4n) is 3.06. The summed E-state index contributed by atoms with van der Waals surface area (Å²) in [6.07, 6.45) is 5.65. The highest BCUT2D eigenvalue weighted by Gasteiger charge is 2.31. The second-order valence-electron chi connectivity index (χ2n) is 6.24. The van der Waals surface area contributed by atoms with Crippen LogP contribution in [0.1, 0.15) is 42.4 Å². The number of aromatic nitrogens is 2. The molecule has 0 radical (unpaired) electrons. The highest BCUT2D eigenvalue weighted by molar-refractivity contribution is 7.88. The Hall–Kier alpha value is -0.920. The van der Waals surface area contributed by atoms with Gasteiger partial charge in [-0.15, -0.1) is 0 Å². The summed E-state index contributed by atoms with van der Waals surface area (Å²) in [5.41, 5.74) is 2.61. The van der Waals surface area contributed by atoms with Crippen molar-refractivity contribution < 1.29 is 8.42 Å². The summed E-state index contributed by atoms with van der Waals surface area (Å²) in [7, 11) is -0.921. The second kappa shape index (κ2) is 5.70. The molecule has 2 heterocycles. The first-order chi connectivity index (χ1) is 9.94. The molecule has 0 saturated heterocycles. The first kappa shape index (κ1) is 15.0. The number of hydrogen-bond acceptors (Lipinski definition) is 4. The van der Waals surface area contributed by atoms with E-state index in [1.807, 2.05) is 0 Å². The molecule has 118 valence electrons. The molecular formula is C14H24N4O2S. The predicted molar refractivity (Wildman–Crippen MR) is 81.6 cm³/mol. The topological polar surface area (TPSA) is 67.2 Å². The van der Waals surface area contributed by atoms with Gasteiger partial charge in [-0.25, -0.2) is 18.1 Å². The van der Waals surface area contributed by atoms with Crippen LogP contribution in [0.15, 0.2) is 0 Å². The van der Waals surface area contributed by atoms with E-state index in [1.165, 1.54) is 36.3 Å². The molecule has 7 heteroatoms. The van der Waals surface area contributed by atoms with Crippen LogP contribution in [0, 0.1) is 0 Å². The standard InChI is InChI=1S/C14H24N4O2S/c1-17-13-6-9-18(8-3-7-15-21(2,19)20)10-12(13)16-14(17)11-4-5-11/h11,15H,3-10H2,1-2H3. The van der Waals surface area contributed by atoms with Gasteiger partial charge >= 0.3 is 0 Å². The molecule has 6 nitrogen and oxygen atoms in total. The van der Waals surface area contributed by atoms with E-state index >= 15 is 0 Å². The van der Waals surface area contributed by atoms with Crippen molar-refractivity contribution in [2.45, 2.75) is 38.1 Å². The minimum absolute atomic E-state index is 0.512. The van der Waals surface area contributed by atoms with Crippen molar-refractivity contribution in [2.75, 3.05) is 25.9 Å². The molecule has 1 aromatic rings. The van der Waals surface area contributed by atoms with Crippen molar-refractivity contribution in [3.63, 3.8) is 0 Å². The average Bonchev–Trinajstić information content (AvgIpc) is 3.19. The quantitative estimate of drug-likeness (QED) is 0.781. The summed E-state index contributed by atoms with van der Waals surface area (Å²) < 4.78 is 26.9. The number of nitrogens with one attached hydrogen (secondary N) is 1. The van der Waals surface area contributed by atoms with Crippen molar-refractivity contribution in [2.24, 2.45) is 7.05 Å². The van der Waals surface area contributed by atoms with Crippen LogP contribution in [0.2, 0.25) is 0 Å². The maximum Gasteiger partial charge on any atom is 0.208 e. The van der Waals surface area contributed by atoms with E-state index in [-0.39, 0.29) is 0 Å². The Bertz CT molecular complexity index is 619. The van der Waals surface area contributed by atoms with Crippen LogP contribution in [-0.4, -0.2) is 48.8 Å². The Kier molecular flexibility index (Phi) is 4.07. The molecule has 0 bridgehead atoms. The average molecular weight is 312 g/mol. The zero-order valence-corrected chi connectivity index (χ0v) is 13.6. The molecule has 0 amide bonds. The van der Waals surface area contributed by atoms with E-state index in [4.69, 9.17) is 4.98 Å². The van der Waals surface area contributed by atoms with E-state index in [1.54, 1.807) is 0 Å². The van der Waals surface area contributed by atoms with Gasteiger partial charge in [0.15, 0.2) is 0 Å². The lowest BCUT2D eigenvalue weighted by Crippen LogP contribution is -2.34. The predicted octanol–water partition coefficient (Wildman–Crippen LogP) is 0.595. The molecule has 1 N–H and O–H groups in total. The number of fused-ring (bicyclic) bond motifs is 1. The number of rotatable bonds is 6. The number of imidazole rings is 1. The van der Waals surface area contributed by atoms with E-state index in [0.29, 0.717) is 12.5 Å². The highest BCUT2D eigenvalue weighted by Crippen LogP contribution is 2.40. The summed E-state index contributed by atoms with van der Waals surface area (Å²) in [4.78, 5) is 7.21. The van der Waals surface area contributed by atoms with E-state index < -0.39 is 10.0 Å². The molecule has 21 heavy (non-hydrogen) atoms. The molecule has 2 aliphatic rings. The third-order valence-electron chi connectivity index (χ3n) is 4.33. The van der Waals surface area contributed by atoms with E-state index in [0.717, 1.165) is 32.5 Å². The van der Waals surface area contributed by atoms with Crippen molar-refractivity contribution in [1.29, 1.82) is 0 Å². The highest BCUT2D eigenvalue weighted by atomic mass is 32.2. The van der Waals surface area contributed by atoms with Crippen LogP contribution in [0.5, 0.6) is 0 Å². The maximum atomic E-state index is 11.0. The Labute approximate surface area is 126 Å². The van der Waals surface area contributed by atoms with Gasteiger partial charge < -0.3 is 4.57 Å². The fourth-order valence-corrected chi connectivity index (χ4v) is 3.58. The Morgan fingerprint density at radius 1 is 1.38 bits per heavy atom. The Balaban J connectivity index is 1.54. The molecule has 1 saturated carbocycles. The summed E-state index contributed by atoms with van der Waals surface area (Å²) in [5, 5.41) is 0. The van der Waals surface area contributed by atoms with Gasteiger partial charge in [-0.3, -0.25) is 4.90 Å². The maximum absolute atomic E-state index is 11.0. The largest absolute Gasteiger partial charge is 0.335 e. The van der Waals surface area contributed by atoms with Gasteiger partial charge in [0.1, 0.15) is 5.82 Å². The molecule has 0 aromatic carbocycles. The van der Waals surface area contributed by atoms with Gasteiger partial charge in [0, 0.05) is 44.7 Å². The van der Waals surface area contributed by atoms with Crippen molar-refractivity contribution in [3.8, 4) is 0 Å². The van der Waals surface area contributed by atoms with Gasteiger partial charge in [0.05, 0.1) is 11.9 Å². The number of sulfonamides is 1. The van der Waals surface area contributed by atoms with Crippen LogP contribution in [0.3, 0.4) is 0 Å². The zero-order valence-electron chi connectivity index (χ0n) is 12.8. The van der Waals surface area contributed by atoms with Crippen LogP contribution >= 0.6 is 0 Å². The minimum atomic E-state index is -3.06. The second-order valence-corrected chi connectivity index (χ2v) is 8.08. The smallest absolute Gasteiger partial charge is 0.208 e. The SMILES string of the molecule is Cn1c(C2CC2)nc2c1CCN(CCCNS(C)(=O)=O)C2. The number of hydrogen-bond donors (Lipinski definition) is 1. The third kappa shape index (κ3) is 3.64. The van der Waals surface area contributed by atoms with Gasteiger partial charge in [-0.05, 0) is 25.8 Å². The van der Waals surface area contributed by atoms with Crippen molar-refractivity contribution >= 4 is 10.0 Å². The monoisotopic (exact) mass is 312 g/mol. The van der Waals surface area contributed by atoms with Gasteiger partial charge in [0.2, 0.25) is 10.0 Å². The molecule has 0 spiro atoms. The normalized spacial score (nSPS) is 19.7. The first-order valence-electron chi connectivity index (χ1n) is 7.65. The summed E-state index contributed by atoms with van der Waals surface area (Å²) in [5.74, 6) is 1.95. The Morgan fingerprint density at radius 2 is 2.14 bits per heavy atom. The molecule has 1 aliphatic heterocycles. The van der Waals surface area contributed by atoms with Gasteiger partial charge in [-0.2, -0.15) is 0 Å². The molecular weight excluding hydrogens is 288 g/mol. The lowest BCUT2D eigenvalue weighted by Gasteiger charge is -2.26. The fraction of sp³-hybridized carbons (Fsp3) is 0.786. The van der Waals surface area contributed by atoms with E-state index in [2.05, 4.69) is 21.2 Å². The van der Waals surface area contributed by atoms with E-state index in [9.17, 15) is 8.42 Å². The van der Waals surface area contributed by atoms with Crippen molar-refractivity contribution in [3.05, 3.63) is 17.2 Å². The number of nitrogens with zero attached hydrogens (tertiary/aromatic N) is 3. The molecule has 1 aliphatic carbocycles. The van der Waals surface area contributed by atoms with Crippen LogP contribution < -0.4 is 4.72 Å². The summed E-state index contributed by atoms with van der Waals surface area (Å²) >= 11 is 0. The molecule has 3 rings (SSSR count). The van der Waals surface area contributed by atoms with Gasteiger partial charge in [-0.1, -0.05) is 0 Å². The molecule has 0 unspecified atom stereocenters. The molecule has 0 atom stereocenters. The summed E-state index contributed by atoms with van der Waals surface area (Å²) in [6, 6.07) is 0. The van der Waals surface area contributed by atoms with Gasteiger partial charge in [0.25, 0.3) is 0 Å². The molecule has 1 aromatic heterocycles. The minimum Gasteiger partial charge on any atom is -0.335 e.